The van der Waals surface area contributed by atoms with Crippen molar-refractivity contribution in [1.82, 2.24) is 9.97 Å². The molecule has 2 aromatic heterocycles. The van der Waals surface area contributed by atoms with E-state index in [0.29, 0.717) is 0 Å². The summed E-state index contributed by atoms with van der Waals surface area (Å²) in [5.41, 5.74) is 15.8. The van der Waals surface area contributed by atoms with Gasteiger partial charge in [0.1, 0.15) is 12.5 Å². The summed E-state index contributed by atoms with van der Waals surface area (Å²) in [6, 6.07) is 19.5. The molecule has 2 atom stereocenters. The SMILES string of the molecule is NC(OC(N)c1cccc2cccnc12)c1cccc2cccnc12. The summed E-state index contributed by atoms with van der Waals surface area (Å²) in [6.07, 6.45) is 2.11. The van der Waals surface area contributed by atoms with Crippen LogP contribution in [0.5, 0.6) is 0 Å². The molecule has 0 saturated carbocycles. The molecule has 2 aromatic carbocycles. The first kappa shape index (κ1) is 15.7. The molecule has 124 valence electrons. The molecule has 4 rings (SSSR count). The van der Waals surface area contributed by atoms with Crippen molar-refractivity contribution in [1.29, 1.82) is 0 Å². The van der Waals surface area contributed by atoms with Crippen LogP contribution < -0.4 is 11.5 Å². The summed E-state index contributed by atoms with van der Waals surface area (Å²) in [5, 5.41) is 2.03. The van der Waals surface area contributed by atoms with Crippen molar-refractivity contribution in [3.8, 4) is 0 Å². The number of hydrogen-bond acceptors (Lipinski definition) is 5. The molecule has 0 saturated heterocycles. The number of para-hydroxylation sites is 2. The molecule has 0 amide bonds. The lowest BCUT2D eigenvalue weighted by molar-refractivity contribution is -0.00693. The lowest BCUT2D eigenvalue weighted by atomic mass is 10.1. The van der Waals surface area contributed by atoms with Crippen molar-refractivity contribution < 1.29 is 4.74 Å². The third-order valence-electron chi connectivity index (χ3n) is 4.23. The van der Waals surface area contributed by atoms with E-state index in [1.807, 2.05) is 60.7 Å². The highest BCUT2D eigenvalue weighted by Crippen LogP contribution is 2.27. The van der Waals surface area contributed by atoms with Crippen LogP contribution in [0, 0.1) is 0 Å². The molecule has 0 radical (unpaired) electrons. The van der Waals surface area contributed by atoms with Crippen LogP contribution in [0.1, 0.15) is 23.6 Å². The van der Waals surface area contributed by atoms with Crippen molar-refractivity contribution in [3.63, 3.8) is 0 Å². The smallest absolute Gasteiger partial charge is 0.136 e. The molecule has 0 spiro atoms. The molecular weight excluding hydrogens is 312 g/mol. The van der Waals surface area contributed by atoms with Gasteiger partial charge in [-0.3, -0.25) is 9.97 Å². The highest BCUT2D eigenvalue weighted by atomic mass is 16.5. The summed E-state index contributed by atoms with van der Waals surface area (Å²) in [4.78, 5) is 8.84. The number of pyridine rings is 2. The summed E-state index contributed by atoms with van der Waals surface area (Å²) in [5.74, 6) is 0. The van der Waals surface area contributed by atoms with E-state index in [9.17, 15) is 0 Å². The minimum Gasteiger partial charge on any atom is -0.337 e. The van der Waals surface area contributed by atoms with E-state index in [4.69, 9.17) is 16.2 Å². The molecule has 25 heavy (non-hydrogen) atoms. The molecule has 0 aliphatic carbocycles. The molecule has 5 heteroatoms. The highest BCUT2D eigenvalue weighted by Gasteiger charge is 2.18. The van der Waals surface area contributed by atoms with Crippen LogP contribution in [0.15, 0.2) is 73.1 Å². The average Bonchev–Trinajstić information content (AvgIpc) is 2.67. The Labute approximate surface area is 145 Å². The minimum absolute atomic E-state index is 0.687. The third kappa shape index (κ3) is 2.96. The Morgan fingerprint density at radius 1 is 0.640 bits per heavy atom. The molecule has 4 N–H and O–H groups in total. The van der Waals surface area contributed by atoms with E-state index in [1.54, 1.807) is 12.4 Å². The van der Waals surface area contributed by atoms with Gasteiger partial charge in [-0.15, -0.1) is 0 Å². The van der Waals surface area contributed by atoms with Gasteiger partial charge >= 0.3 is 0 Å². The van der Waals surface area contributed by atoms with Gasteiger partial charge < -0.3 is 16.2 Å². The number of fused-ring (bicyclic) bond motifs is 2. The van der Waals surface area contributed by atoms with E-state index in [-0.39, 0.29) is 0 Å². The largest absolute Gasteiger partial charge is 0.337 e. The van der Waals surface area contributed by atoms with E-state index >= 15 is 0 Å². The van der Waals surface area contributed by atoms with Crippen LogP contribution in [0.25, 0.3) is 21.8 Å². The third-order valence-corrected chi connectivity index (χ3v) is 4.23. The van der Waals surface area contributed by atoms with E-state index in [1.165, 1.54) is 0 Å². The summed E-state index contributed by atoms with van der Waals surface area (Å²) < 4.78 is 5.91. The quantitative estimate of drug-likeness (QED) is 0.560. The average molecular weight is 330 g/mol. The van der Waals surface area contributed by atoms with Crippen molar-refractivity contribution >= 4 is 21.8 Å². The van der Waals surface area contributed by atoms with Gasteiger partial charge in [-0.1, -0.05) is 48.5 Å². The summed E-state index contributed by atoms with van der Waals surface area (Å²) >= 11 is 0. The number of aromatic nitrogens is 2. The topological polar surface area (TPSA) is 87.0 Å². The van der Waals surface area contributed by atoms with Crippen LogP contribution in [-0.2, 0) is 4.74 Å². The van der Waals surface area contributed by atoms with Crippen molar-refractivity contribution in [2.45, 2.75) is 12.5 Å². The molecule has 2 unspecified atom stereocenters. The van der Waals surface area contributed by atoms with Crippen LogP contribution >= 0.6 is 0 Å². The van der Waals surface area contributed by atoms with E-state index in [0.717, 1.165) is 32.9 Å². The Kier molecular flexibility index (Phi) is 4.11. The zero-order valence-corrected chi connectivity index (χ0v) is 13.5. The van der Waals surface area contributed by atoms with Gasteiger partial charge in [0.15, 0.2) is 0 Å². The van der Waals surface area contributed by atoms with Gasteiger partial charge in [0, 0.05) is 34.3 Å². The molecule has 0 aliphatic heterocycles. The number of ether oxygens (including phenoxy) is 1. The van der Waals surface area contributed by atoms with Gasteiger partial charge in [0.25, 0.3) is 0 Å². The van der Waals surface area contributed by atoms with Crippen LogP contribution in [0.3, 0.4) is 0 Å². The van der Waals surface area contributed by atoms with Gasteiger partial charge in [0.2, 0.25) is 0 Å². The fraction of sp³-hybridized carbons (Fsp3) is 0.100. The molecule has 0 bridgehead atoms. The van der Waals surface area contributed by atoms with E-state index in [2.05, 4.69) is 9.97 Å². The number of benzene rings is 2. The van der Waals surface area contributed by atoms with Gasteiger partial charge in [-0.05, 0) is 12.1 Å². The zero-order chi connectivity index (χ0) is 17.2. The lowest BCUT2D eigenvalue weighted by Gasteiger charge is -2.21. The Morgan fingerprint density at radius 3 is 1.56 bits per heavy atom. The number of nitrogens with two attached hydrogens (primary N) is 2. The van der Waals surface area contributed by atoms with Crippen molar-refractivity contribution in [2.75, 3.05) is 0 Å². The maximum absolute atomic E-state index is 6.28. The van der Waals surface area contributed by atoms with Crippen LogP contribution in [0.4, 0.5) is 0 Å². The second-order valence-electron chi connectivity index (χ2n) is 5.82. The zero-order valence-electron chi connectivity index (χ0n) is 13.5. The Morgan fingerprint density at radius 2 is 1.08 bits per heavy atom. The summed E-state index contributed by atoms with van der Waals surface area (Å²) in [6.45, 7) is 0. The maximum atomic E-state index is 6.28. The number of rotatable bonds is 4. The normalized spacial score (nSPS) is 13.8. The fourth-order valence-corrected chi connectivity index (χ4v) is 3.02. The number of hydrogen-bond donors (Lipinski definition) is 2. The van der Waals surface area contributed by atoms with Gasteiger partial charge in [-0.2, -0.15) is 0 Å². The second kappa shape index (κ2) is 6.57. The van der Waals surface area contributed by atoms with Crippen LogP contribution in [0.2, 0.25) is 0 Å². The van der Waals surface area contributed by atoms with Crippen molar-refractivity contribution in [2.24, 2.45) is 11.5 Å². The standard InChI is InChI=1S/C20H18N4O/c21-19(15-9-1-5-13-7-3-11-23-17(13)15)25-20(22)16-10-2-6-14-8-4-12-24-18(14)16/h1-12,19-20H,21-22H2. The number of nitrogens with zero attached hydrogens (tertiary/aromatic N) is 2. The Hall–Kier alpha value is -2.86. The highest BCUT2D eigenvalue weighted by molar-refractivity contribution is 5.82. The molecule has 0 fully saturated rings. The first-order valence-electron chi connectivity index (χ1n) is 8.08. The van der Waals surface area contributed by atoms with Crippen LogP contribution in [-0.4, -0.2) is 9.97 Å². The predicted molar refractivity (Wildman–Crippen MR) is 98.4 cm³/mol. The molecular formula is C20H18N4O. The van der Waals surface area contributed by atoms with Crippen molar-refractivity contribution in [3.05, 3.63) is 84.2 Å². The first-order valence-corrected chi connectivity index (χ1v) is 8.08. The minimum atomic E-state index is -0.687. The first-order chi connectivity index (χ1) is 12.2. The maximum Gasteiger partial charge on any atom is 0.136 e. The fourth-order valence-electron chi connectivity index (χ4n) is 3.02. The predicted octanol–water partition coefficient (Wildman–Crippen LogP) is 3.41. The van der Waals surface area contributed by atoms with Gasteiger partial charge in [0.05, 0.1) is 11.0 Å². The second-order valence-corrected chi connectivity index (χ2v) is 5.82. The van der Waals surface area contributed by atoms with E-state index < -0.39 is 12.5 Å². The molecule has 2 heterocycles. The molecule has 4 aromatic rings. The lowest BCUT2D eigenvalue weighted by Crippen LogP contribution is -2.23. The Bertz CT molecular complexity index is 940. The summed E-state index contributed by atoms with van der Waals surface area (Å²) in [7, 11) is 0. The molecule has 5 nitrogen and oxygen atoms in total. The Balaban J connectivity index is 1.66. The molecule has 0 aliphatic rings. The van der Waals surface area contributed by atoms with Gasteiger partial charge in [-0.25, -0.2) is 0 Å². The monoisotopic (exact) mass is 330 g/mol.